The van der Waals surface area contributed by atoms with Crippen molar-refractivity contribution in [2.45, 2.75) is 26.3 Å². The van der Waals surface area contributed by atoms with E-state index >= 15 is 0 Å². The van der Waals surface area contributed by atoms with E-state index in [1.807, 2.05) is 37.3 Å². The van der Waals surface area contributed by atoms with Crippen molar-refractivity contribution in [1.82, 2.24) is 5.32 Å². The summed E-state index contributed by atoms with van der Waals surface area (Å²) >= 11 is 0. The zero-order chi connectivity index (χ0) is 19.6. The highest BCUT2D eigenvalue weighted by Crippen LogP contribution is 2.13. The van der Waals surface area contributed by atoms with Crippen molar-refractivity contribution in [3.05, 3.63) is 76.9 Å². The number of aryl methyl sites for hydroxylation is 1. The fraction of sp³-hybridized carbons (Fsp3) is 0.227. The van der Waals surface area contributed by atoms with E-state index in [2.05, 4.69) is 12.2 Å². The molecule has 0 saturated heterocycles. The molecule has 2 aromatic rings. The van der Waals surface area contributed by atoms with Crippen molar-refractivity contribution in [2.75, 3.05) is 6.61 Å². The first-order valence-corrected chi connectivity index (χ1v) is 8.75. The smallest absolute Gasteiger partial charge is 0.331 e. The number of nitriles is 1. The molecule has 1 atom stereocenters. The summed E-state index contributed by atoms with van der Waals surface area (Å²) in [6.45, 7) is 3.63. The van der Waals surface area contributed by atoms with Gasteiger partial charge in [0.25, 0.3) is 5.91 Å². The maximum Gasteiger partial charge on any atom is 0.331 e. The van der Waals surface area contributed by atoms with Crippen LogP contribution in [0.4, 0.5) is 0 Å². The molecule has 5 nitrogen and oxygen atoms in total. The summed E-state index contributed by atoms with van der Waals surface area (Å²) < 4.78 is 4.95. The summed E-state index contributed by atoms with van der Waals surface area (Å²) in [7, 11) is 0. The number of hydrogen-bond donors (Lipinski definition) is 1. The number of rotatable bonds is 7. The molecule has 0 spiro atoms. The molecule has 1 N–H and O–H groups in total. The van der Waals surface area contributed by atoms with Crippen LogP contribution in [0.25, 0.3) is 6.08 Å². The molecular formula is C22H22N2O3. The minimum atomic E-state index is -0.602. The Labute approximate surface area is 159 Å². The summed E-state index contributed by atoms with van der Waals surface area (Å²) in [4.78, 5) is 23.7. The number of ether oxygens (including phenoxy) is 1. The van der Waals surface area contributed by atoms with Gasteiger partial charge in [0.2, 0.25) is 0 Å². The first kappa shape index (κ1) is 19.9. The molecule has 1 amide bonds. The van der Waals surface area contributed by atoms with Gasteiger partial charge in [0.1, 0.15) is 0 Å². The summed E-state index contributed by atoms with van der Waals surface area (Å²) in [5, 5.41) is 11.6. The Balaban J connectivity index is 1.78. The number of hydrogen-bond acceptors (Lipinski definition) is 4. The van der Waals surface area contributed by atoms with Crippen LogP contribution < -0.4 is 5.32 Å². The second-order valence-corrected chi connectivity index (χ2v) is 6.06. The Kier molecular flexibility index (Phi) is 7.33. The van der Waals surface area contributed by atoms with Gasteiger partial charge in [-0.25, -0.2) is 4.79 Å². The van der Waals surface area contributed by atoms with Crippen molar-refractivity contribution < 1.29 is 14.3 Å². The molecule has 2 aromatic carbocycles. The molecule has 0 heterocycles. The Morgan fingerprint density at radius 2 is 1.81 bits per heavy atom. The SMILES string of the molecule is CCc1ccc([C@@H](C)NC(=O)COC(=O)/C=C/c2ccc(C#N)cc2)cc1. The predicted molar refractivity (Wildman–Crippen MR) is 104 cm³/mol. The minimum Gasteiger partial charge on any atom is -0.452 e. The average Bonchev–Trinajstić information content (AvgIpc) is 2.71. The third-order valence-electron chi connectivity index (χ3n) is 4.06. The molecule has 5 heteroatoms. The standard InChI is InChI=1S/C22H22N2O3/c1-3-17-8-11-20(12-9-17)16(2)24-21(25)15-27-22(26)13-10-18-4-6-19(14-23)7-5-18/h4-13,16H,3,15H2,1-2H3,(H,24,25)/b13-10+/t16-/m1/s1. The van der Waals surface area contributed by atoms with Gasteiger partial charge in [0.15, 0.2) is 6.61 Å². The summed E-state index contributed by atoms with van der Waals surface area (Å²) in [6, 6.07) is 16.7. The Bertz CT molecular complexity index is 847. The number of nitrogens with one attached hydrogen (secondary N) is 1. The van der Waals surface area contributed by atoms with E-state index in [9.17, 15) is 9.59 Å². The van der Waals surface area contributed by atoms with E-state index in [0.717, 1.165) is 17.5 Å². The van der Waals surface area contributed by atoms with Gasteiger partial charge < -0.3 is 10.1 Å². The van der Waals surface area contributed by atoms with Crippen molar-refractivity contribution >= 4 is 18.0 Å². The van der Waals surface area contributed by atoms with Crippen molar-refractivity contribution in [1.29, 1.82) is 5.26 Å². The molecule has 0 aliphatic carbocycles. The van der Waals surface area contributed by atoms with Gasteiger partial charge in [-0.05, 0) is 48.2 Å². The van der Waals surface area contributed by atoms with E-state index in [1.165, 1.54) is 11.6 Å². The van der Waals surface area contributed by atoms with Gasteiger partial charge in [-0.1, -0.05) is 43.3 Å². The topological polar surface area (TPSA) is 79.2 Å². The third kappa shape index (κ3) is 6.44. The van der Waals surface area contributed by atoms with Crippen LogP contribution in [-0.4, -0.2) is 18.5 Å². The van der Waals surface area contributed by atoms with E-state index in [4.69, 9.17) is 10.00 Å². The summed E-state index contributed by atoms with van der Waals surface area (Å²) in [5.41, 5.74) is 3.54. The van der Waals surface area contributed by atoms with Gasteiger partial charge in [-0.2, -0.15) is 5.26 Å². The highest BCUT2D eigenvalue weighted by molar-refractivity contribution is 5.89. The number of nitrogens with zero attached hydrogens (tertiary/aromatic N) is 1. The number of carbonyl (C=O) groups excluding carboxylic acids is 2. The lowest BCUT2D eigenvalue weighted by molar-refractivity contribution is -0.144. The molecule has 0 radical (unpaired) electrons. The van der Waals surface area contributed by atoms with Crippen molar-refractivity contribution in [3.63, 3.8) is 0 Å². The van der Waals surface area contributed by atoms with Gasteiger partial charge in [0.05, 0.1) is 17.7 Å². The molecule has 0 unspecified atom stereocenters. The quantitative estimate of drug-likeness (QED) is 0.603. The Hall–Kier alpha value is -3.39. The summed E-state index contributed by atoms with van der Waals surface area (Å²) in [6.07, 6.45) is 3.79. The normalized spacial score (nSPS) is 11.6. The Morgan fingerprint density at radius 3 is 2.41 bits per heavy atom. The lowest BCUT2D eigenvalue weighted by Crippen LogP contribution is -2.30. The Morgan fingerprint density at radius 1 is 1.15 bits per heavy atom. The molecule has 0 aromatic heterocycles. The molecule has 138 valence electrons. The first-order chi connectivity index (χ1) is 13.0. The van der Waals surface area contributed by atoms with Crippen LogP contribution in [0.2, 0.25) is 0 Å². The van der Waals surface area contributed by atoms with E-state index in [-0.39, 0.29) is 18.6 Å². The zero-order valence-corrected chi connectivity index (χ0v) is 15.4. The van der Waals surface area contributed by atoms with Crippen LogP contribution in [0, 0.1) is 11.3 Å². The lowest BCUT2D eigenvalue weighted by atomic mass is 10.1. The largest absolute Gasteiger partial charge is 0.452 e. The van der Waals surface area contributed by atoms with Crippen LogP contribution in [0.5, 0.6) is 0 Å². The molecule has 27 heavy (non-hydrogen) atoms. The highest BCUT2D eigenvalue weighted by Gasteiger charge is 2.11. The van der Waals surface area contributed by atoms with E-state index < -0.39 is 5.97 Å². The molecular weight excluding hydrogens is 340 g/mol. The van der Waals surface area contributed by atoms with E-state index in [1.54, 1.807) is 30.3 Å². The maximum absolute atomic E-state index is 12.0. The average molecular weight is 362 g/mol. The van der Waals surface area contributed by atoms with Crippen molar-refractivity contribution in [2.24, 2.45) is 0 Å². The third-order valence-corrected chi connectivity index (χ3v) is 4.06. The second-order valence-electron chi connectivity index (χ2n) is 6.06. The van der Waals surface area contributed by atoms with Crippen LogP contribution in [0.15, 0.2) is 54.6 Å². The first-order valence-electron chi connectivity index (χ1n) is 8.75. The summed E-state index contributed by atoms with van der Waals surface area (Å²) in [5.74, 6) is -0.961. The van der Waals surface area contributed by atoms with Crippen LogP contribution in [0.3, 0.4) is 0 Å². The highest BCUT2D eigenvalue weighted by atomic mass is 16.5. The molecule has 0 fully saturated rings. The van der Waals surface area contributed by atoms with Gasteiger partial charge in [-0.3, -0.25) is 4.79 Å². The van der Waals surface area contributed by atoms with Gasteiger partial charge in [0, 0.05) is 6.08 Å². The second kappa shape index (κ2) is 9.93. The fourth-order valence-corrected chi connectivity index (χ4v) is 2.43. The molecule has 0 aliphatic heterocycles. The number of benzene rings is 2. The minimum absolute atomic E-state index is 0.170. The molecule has 0 saturated carbocycles. The van der Waals surface area contributed by atoms with Crippen LogP contribution in [0.1, 0.15) is 42.1 Å². The monoisotopic (exact) mass is 362 g/mol. The van der Waals surface area contributed by atoms with Crippen LogP contribution >= 0.6 is 0 Å². The van der Waals surface area contributed by atoms with E-state index in [0.29, 0.717) is 5.56 Å². The maximum atomic E-state index is 12.0. The molecule has 0 aliphatic rings. The number of esters is 1. The van der Waals surface area contributed by atoms with Crippen molar-refractivity contribution in [3.8, 4) is 6.07 Å². The lowest BCUT2D eigenvalue weighted by Gasteiger charge is -2.14. The number of amides is 1. The zero-order valence-electron chi connectivity index (χ0n) is 15.4. The molecule has 0 bridgehead atoms. The van der Waals surface area contributed by atoms with Crippen LogP contribution in [-0.2, 0) is 20.7 Å². The number of carbonyl (C=O) groups is 2. The predicted octanol–water partition coefficient (Wildman–Crippen LogP) is 3.55. The van der Waals surface area contributed by atoms with Gasteiger partial charge >= 0.3 is 5.97 Å². The fourth-order valence-electron chi connectivity index (χ4n) is 2.43. The van der Waals surface area contributed by atoms with Gasteiger partial charge in [-0.15, -0.1) is 0 Å². The molecule has 2 rings (SSSR count).